The van der Waals surface area contributed by atoms with Crippen LogP contribution in [0.2, 0.25) is 0 Å². The summed E-state index contributed by atoms with van der Waals surface area (Å²) >= 11 is 0. The van der Waals surface area contributed by atoms with Gasteiger partial charge >= 0.3 is 0 Å². The summed E-state index contributed by atoms with van der Waals surface area (Å²) in [5.41, 5.74) is 0.0382. The molecule has 2 nitrogen and oxygen atoms in total. The highest BCUT2D eigenvalue weighted by atomic mass is 14.9. The Bertz CT molecular complexity index is 128. The third-order valence-electron chi connectivity index (χ3n) is 1.03. The first-order valence-corrected chi connectivity index (χ1v) is 2.96. The van der Waals surface area contributed by atoms with E-state index >= 15 is 0 Å². The number of amidine groups is 1. The van der Waals surface area contributed by atoms with Crippen LogP contribution in [0.5, 0.6) is 0 Å². The first-order valence-electron chi connectivity index (χ1n) is 2.96. The van der Waals surface area contributed by atoms with Gasteiger partial charge in [-0.05, 0) is 6.72 Å². The summed E-state index contributed by atoms with van der Waals surface area (Å²) < 4.78 is 0. The van der Waals surface area contributed by atoms with Crippen molar-refractivity contribution in [1.29, 1.82) is 0 Å². The normalized spacial score (nSPS) is 13.6. The highest BCUT2D eigenvalue weighted by molar-refractivity contribution is 5.90. The van der Waals surface area contributed by atoms with Crippen molar-refractivity contribution >= 4 is 12.6 Å². The van der Waals surface area contributed by atoms with Crippen molar-refractivity contribution in [3.8, 4) is 0 Å². The fraction of sp³-hybridized carbons (Fsp3) is 0.714. The zero-order chi connectivity index (χ0) is 7.49. The second-order valence-corrected chi connectivity index (χ2v) is 2.96. The number of hydrogen-bond acceptors (Lipinski definition) is 1. The zero-order valence-electron chi connectivity index (χ0n) is 6.60. The Kier molecular flexibility index (Phi) is 2.56. The van der Waals surface area contributed by atoms with Crippen molar-refractivity contribution in [2.75, 3.05) is 7.05 Å². The molecule has 0 aromatic heterocycles. The summed E-state index contributed by atoms with van der Waals surface area (Å²) in [4.78, 5) is 7.74. The molecule has 9 heavy (non-hydrogen) atoms. The van der Waals surface area contributed by atoms with Gasteiger partial charge in [0.2, 0.25) is 0 Å². The van der Waals surface area contributed by atoms with Gasteiger partial charge in [-0.15, -0.1) is 0 Å². The van der Waals surface area contributed by atoms with Gasteiger partial charge in [0, 0.05) is 12.5 Å². The topological polar surface area (TPSA) is 24.7 Å². The molecule has 52 valence electrons. The van der Waals surface area contributed by atoms with E-state index < -0.39 is 0 Å². The third kappa shape index (κ3) is 2.40. The van der Waals surface area contributed by atoms with Crippen molar-refractivity contribution in [3.05, 3.63) is 0 Å². The largest absolute Gasteiger partial charge is 0.273 e. The minimum atomic E-state index is 0.0382. The fourth-order valence-electron chi connectivity index (χ4n) is 0.643. The molecule has 0 bridgehead atoms. The molecule has 0 N–H and O–H groups in total. The lowest BCUT2D eigenvalue weighted by molar-refractivity contribution is 0.585. The summed E-state index contributed by atoms with van der Waals surface area (Å²) in [7, 11) is 1.73. The summed E-state index contributed by atoms with van der Waals surface area (Å²) in [6.45, 7) is 9.60. The SMILES string of the molecule is C=NC(=NC)C(C)(C)C. The predicted molar refractivity (Wildman–Crippen MR) is 42.4 cm³/mol. The molecule has 0 aliphatic rings. The van der Waals surface area contributed by atoms with Gasteiger partial charge < -0.3 is 0 Å². The van der Waals surface area contributed by atoms with E-state index in [1.165, 1.54) is 0 Å². The van der Waals surface area contributed by atoms with Crippen LogP contribution in [0.15, 0.2) is 9.98 Å². The van der Waals surface area contributed by atoms with Gasteiger partial charge in [-0.1, -0.05) is 20.8 Å². The van der Waals surface area contributed by atoms with Crippen LogP contribution in [0, 0.1) is 5.41 Å². The van der Waals surface area contributed by atoms with Crippen molar-refractivity contribution in [3.63, 3.8) is 0 Å². The second kappa shape index (κ2) is 2.76. The van der Waals surface area contributed by atoms with E-state index in [1.54, 1.807) is 7.05 Å². The maximum Gasteiger partial charge on any atom is 0.127 e. The molecular formula is C7H14N2. The Morgan fingerprint density at radius 1 is 1.33 bits per heavy atom. The smallest absolute Gasteiger partial charge is 0.127 e. The van der Waals surface area contributed by atoms with E-state index in [0.717, 1.165) is 5.84 Å². The third-order valence-corrected chi connectivity index (χ3v) is 1.03. The van der Waals surface area contributed by atoms with Gasteiger partial charge in [0.1, 0.15) is 5.84 Å². The number of rotatable bonds is 0. The fourth-order valence-corrected chi connectivity index (χ4v) is 0.643. The van der Waals surface area contributed by atoms with E-state index in [-0.39, 0.29) is 5.41 Å². The summed E-state index contributed by atoms with van der Waals surface area (Å²) in [6.07, 6.45) is 0. The molecule has 0 radical (unpaired) electrons. The second-order valence-electron chi connectivity index (χ2n) is 2.96. The lowest BCUT2D eigenvalue weighted by Crippen LogP contribution is -2.17. The highest BCUT2D eigenvalue weighted by Crippen LogP contribution is 2.15. The Morgan fingerprint density at radius 3 is 1.78 bits per heavy atom. The summed E-state index contributed by atoms with van der Waals surface area (Å²) in [5, 5.41) is 0. The maximum atomic E-state index is 3.97. The Morgan fingerprint density at radius 2 is 1.78 bits per heavy atom. The van der Waals surface area contributed by atoms with Gasteiger partial charge in [0.25, 0.3) is 0 Å². The average Bonchev–Trinajstić information content (AvgIpc) is 1.65. The standard InChI is InChI=1S/C7H14N2/c1-7(2,3)6(8-4)9-5/h4H2,1-3,5H3. The molecule has 0 atom stereocenters. The van der Waals surface area contributed by atoms with Crippen LogP contribution in [-0.2, 0) is 0 Å². The van der Waals surface area contributed by atoms with Crippen molar-refractivity contribution in [2.24, 2.45) is 15.4 Å². The van der Waals surface area contributed by atoms with E-state index in [0.29, 0.717) is 0 Å². The van der Waals surface area contributed by atoms with Crippen LogP contribution in [0.25, 0.3) is 0 Å². The molecule has 0 aliphatic carbocycles. The summed E-state index contributed by atoms with van der Waals surface area (Å²) in [5.74, 6) is 0.808. The molecule has 0 unspecified atom stereocenters. The Balaban J connectivity index is 4.32. The quantitative estimate of drug-likeness (QED) is 0.349. The monoisotopic (exact) mass is 126 g/mol. The van der Waals surface area contributed by atoms with Gasteiger partial charge in [-0.2, -0.15) is 0 Å². The van der Waals surface area contributed by atoms with Gasteiger partial charge in [0.05, 0.1) is 0 Å². The number of hydrogen-bond donors (Lipinski definition) is 0. The molecule has 0 saturated heterocycles. The van der Waals surface area contributed by atoms with E-state index in [9.17, 15) is 0 Å². The maximum absolute atomic E-state index is 3.97. The van der Waals surface area contributed by atoms with E-state index in [1.807, 2.05) is 0 Å². The molecule has 0 amide bonds. The first-order chi connectivity index (χ1) is 4.02. The molecule has 0 rings (SSSR count). The molecule has 2 heteroatoms. The predicted octanol–water partition coefficient (Wildman–Crippen LogP) is 1.76. The van der Waals surface area contributed by atoms with Crippen LogP contribution < -0.4 is 0 Å². The van der Waals surface area contributed by atoms with Crippen molar-refractivity contribution < 1.29 is 0 Å². The Labute approximate surface area is 56.7 Å². The van der Waals surface area contributed by atoms with Crippen LogP contribution in [0.4, 0.5) is 0 Å². The number of aliphatic imine (C=N–C) groups is 2. The van der Waals surface area contributed by atoms with E-state index in [2.05, 4.69) is 37.5 Å². The lowest BCUT2D eigenvalue weighted by atomic mass is 9.95. The molecule has 0 aromatic carbocycles. The highest BCUT2D eigenvalue weighted by Gasteiger charge is 2.15. The summed E-state index contributed by atoms with van der Waals surface area (Å²) in [6, 6.07) is 0. The number of nitrogens with zero attached hydrogens (tertiary/aromatic N) is 2. The zero-order valence-corrected chi connectivity index (χ0v) is 6.60. The first kappa shape index (κ1) is 8.34. The molecule has 0 fully saturated rings. The van der Waals surface area contributed by atoms with Gasteiger partial charge in [0.15, 0.2) is 0 Å². The van der Waals surface area contributed by atoms with Crippen LogP contribution in [0.1, 0.15) is 20.8 Å². The molecule has 0 saturated carbocycles. The van der Waals surface area contributed by atoms with Gasteiger partial charge in [-0.3, -0.25) is 4.99 Å². The lowest BCUT2D eigenvalue weighted by Gasteiger charge is -2.15. The molecular weight excluding hydrogens is 112 g/mol. The Hall–Kier alpha value is -0.660. The van der Waals surface area contributed by atoms with Crippen LogP contribution >= 0.6 is 0 Å². The average molecular weight is 126 g/mol. The minimum Gasteiger partial charge on any atom is -0.273 e. The van der Waals surface area contributed by atoms with Gasteiger partial charge in [-0.25, -0.2) is 4.99 Å². The molecule has 0 spiro atoms. The van der Waals surface area contributed by atoms with Crippen LogP contribution in [-0.4, -0.2) is 19.6 Å². The molecule has 0 aliphatic heterocycles. The van der Waals surface area contributed by atoms with E-state index in [4.69, 9.17) is 0 Å². The minimum absolute atomic E-state index is 0.0382. The molecule has 0 aromatic rings. The van der Waals surface area contributed by atoms with Crippen LogP contribution in [0.3, 0.4) is 0 Å². The van der Waals surface area contributed by atoms with Crippen molar-refractivity contribution in [2.45, 2.75) is 20.8 Å². The van der Waals surface area contributed by atoms with Crippen molar-refractivity contribution in [1.82, 2.24) is 0 Å². The molecule has 0 heterocycles.